The zero-order valence-electron chi connectivity index (χ0n) is 21.6. The Kier molecular flexibility index (Phi) is 7.90. The molecule has 0 aliphatic carbocycles. The highest BCUT2D eigenvalue weighted by molar-refractivity contribution is 6.06. The quantitative estimate of drug-likeness (QED) is 0.179. The molecule has 0 spiro atoms. The van der Waals surface area contributed by atoms with E-state index < -0.39 is 22.9 Å². The molecule has 4 rings (SSSR count). The number of carbonyl (C=O) groups excluding carboxylic acids is 2. The fourth-order valence-corrected chi connectivity index (χ4v) is 3.94. The van der Waals surface area contributed by atoms with E-state index in [1.165, 1.54) is 52.5 Å². The van der Waals surface area contributed by atoms with E-state index in [1.54, 1.807) is 42.5 Å². The monoisotopic (exact) mass is 531 g/mol. The van der Waals surface area contributed by atoms with Gasteiger partial charge in [0.05, 0.1) is 43.0 Å². The summed E-state index contributed by atoms with van der Waals surface area (Å²) in [7, 11) is 4.49. The first-order valence-corrected chi connectivity index (χ1v) is 11.7. The van der Waals surface area contributed by atoms with Crippen LogP contribution < -0.4 is 19.5 Å². The molecule has 1 heterocycles. The number of rotatable bonds is 9. The summed E-state index contributed by atoms with van der Waals surface area (Å²) >= 11 is 0. The van der Waals surface area contributed by atoms with Gasteiger partial charge in [-0.15, -0.1) is 0 Å². The predicted octanol–water partition coefficient (Wildman–Crippen LogP) is 5.02. The maximum Gasteiger partial charge on any atom is 0.339 e. The number of amides is 1. The smallest absolute Gasteiger partial charge is 0.339 e. The second-order valence-electron chi connectivity index (χ2n) is 8.33. The van der Waals surface area contributed by atoms with E-state index in [0.717, 1.165) is 0 Å². The van der Waals surface area contributed by atoms with Crippen LogP contribution in [-0.4, -0.2) is 49.2 Å². The van der Waals surface area contributed by atoms with Gasteiger partial charge in [-0.3, -0.25) is 14.9 Å². The number of aromatic nitrogens is 1. The molecule has 1 amide bonds. The number of non-ortho nitro benzene ring substituents is 1. The lowest BCUT2D eigenvalue weighted by atomic mass is 10.0. The number of anilines is 1. The third kappa shape index (κ3) is 5.72. The molecule has 1 unspecified atom stereocenters. The van der Waals surface area contributed by atoms with Crippen molar-refractivity contribution in [2.75, 3.05) is 26.6 Å². The number of esters is 1. The first-order chi connectivity index (χ1) is 18.7. The summed E-state index contributed by atoms with van der Waals surface area (Å²) in [5.41, 5.74) is 1.79. The van der Waals surface area contributed by atoms with Crippen molar-refractivity contribution in [2.45, 2.75) is 13.0 Å². The standard InChI is InChI=1S/C28H25N3O8/c1-16(27(32)29-18-8-7-9-19(14-18)31(34)35)39-28(33)21-15-23(30-22-11-6-5-10-20(21)22)17-12-24(36-2)26(38-4)25(13-17)37-3/h5-16H,1-4H3,(H,29,32). The van der Waals surface area contributed by atoms with Crippen molar-refractivity contribution in [1.82, 2.24) is 4.98 Å². The van der Waals surface area contributed by atoms with Crippen molar-refractivity contribution in [3.05, 3.63) is 82.4 Å². The Labute approximate surface area is 223 Å². The van der Waals surface area contributed by atoms with Crippen LogP contribution in [0.3, 0.4) is 0 Å². The maximum absolute atomic E-state index is 13.3. The number of benzene rings is 3. The zero-order valence-corrected chi connectivity index (χ0v) is 21.6. The second-order valence-corrected chi connectivity index (χ2v) is 8.33. The molecule has 0 saturated carbocycles. The Morgan fingerprint density at radius 3 is 2.26 bits per heavy atom. The molecule has 0 radical (unpaired) electrons. The van der Waals surface area contributed by atoms with Crippen LogP contribution in [0.25, 0.3) is 22.2 Å². The molecule has 1 N–H and O–H groups in total. The fourth-order valence-electron chi connectivity index (χ4n) is 3.94. The number of methoxy groups -OCH3 is 3. The molecule has 11 heteroatoms. The number of nitrogens with one attached hydrogen (secondary N) is 1. The van der Waals surface area contributed by atoms with Crippen LogP contribution in [0.1, 0.15) is 17.3 Å². The predicted molar refractivity (Wildman–Crippen MR) is 143 cm³/mol. The highest BCUT2D eigenvalue weighted by atomic mass is 16.6. The van der Waals surface area contributed by atoms with Gasteiger partial charge in [-0.25, -0.2) is 9.78 Å². The van der Waals surface area contributed by atoms with Gasteiger partial charge in [-0.2, -0.15) is 0 Å². The number of hydrogen-bond acceptors (Lipinski definition) is 9. The highest BCUT2D eigenvalue weighted by Crippen LogP contribution is 2.41. The molecule has 0 aliphatic heterocycles. The topological polar surface area (TPSA) is 139 Å². The molecular weight excluding hydrogens is 506 g/mol. The van der Waals surface area contributed by atoms with Crippen molar-refractivity contribution in [3.63, 3.8) is 0 Å². The van der Waals surface area contributed by atoms with Crippen LogP contribution in [0.5, 0.6) is 17.2 Å². The lowest BCUT2D eigenvalue weighted by molar-refractivity contribution is -0.384. The normalized spacial score (nSPS) is 11.4. The number of fused-ring (bicyclic) bond motifs is 1. The van der Waals surface area contributed by atoms with Crippen molar-refractivity contribution in [2.24, 2.45) is 0 Å². The first kappa shape index (κ1) is 26.9. The van der Waals surface area contributed by atoms with E-state index >= 15 is 0 Å². The van der Waals surface area contributed by atoms with Gasteiger partial charge in [-0.05, 0) is 37.3 Å². The number of pyridine rings is 1. The van der Waals surface area contributed by atoms with E-state index in [4.69, 9.17) is 23.9 Å². The molecule has 11 nitrogen and oxygen atoms in total. The summed E-state index contributed by atoms with van der Waals surface area (Å²) in [5, 5.41) is 14.1. The van der Waals surface area contributed by atoms with Gasteiger partial charge in [0, 0.05) is 28.8 Å². The number of para-hydroxylation sites is 1. The number of ether oxygens (including phenoxy) is 4. The Balaban J connectivity index is 1.66. The summed E-state index contributed by atoms with van der Waals surface area (Å²) in [6.45, 7) is 1.41. The summed E-state index contributed by atoms with van der Waals surface area (Å²) in [6.07, 6.45) is -1.20. The minimum atomic E-state index is -1.20. The van der Waals surface area contributed by atoms with Gasteiger partial charge >= 0.3 is 5.97 Å². The highest BCUT2D eigenvalue weighted by Gasteiger charge is 2.23. The zero-order chi connectivity index (χ0) is 28.1. The SMILES string of the molecule is COc1cc(-c2cc(C(=O)OC(C)C(=O)Nc3cccc([N+](=O)[O-])c3)c3ccccc3n2)cc(OC)c1OC. The molecule has 39 heavy (non-hydrogen) atoms. The molecule has 0 saturated heterocycles. The van der Waals surface area contributed by atoms with Crippen molar-refractivity contribution >= 4 is 34.2 Å². The lowest BCUT2D eigenvalue weighted by Gasteiger charge is -2.16. The minimum absolute atomic E-state index is 0.181. The molecule has 0 fully saturated rings. The molecule has 0 aliphatic rings. The Bertz CT molecular complexity index is 1540. The Hall–Kier alpha value is -5.19. The summed E-state index contributed by atoms with van der Waals surface area (Å²) in [6, 6.07) is 17.5. The van der Waals surface area contributed by atoms with Gasteiger partial charge in [0.2, 0.25) is 5.75 Å². The number of nitro groups is 1. The van der Waals surface area contributed by atoms with Gasteiger partial charge in [-0.1, -0.05) is 24.3 Å². The number of carbonyl (C=O) groups is 2. The van der Waals surface area contributed by atoms with Crippen LogP contribution >= 0.6 is 0 Å². The van der Waals surface area contributed by atoms with Gasteiger partial charge in [0.25, 0.3) is 11.6 Å². The van der Waals surface area contributed by atoms with Gasteiger partial charge < -0.3 is 24.3 Å². The first-order valence-electron chi connectivity index (χ1n) is 11.7. The number of nitro benzene ring substituents is 1. The van der Waals surface area contributed by atoms with Crippen LogP contribution in [0.2, 0.25) is 0 Å². The molecule has 200 valence electrons. The van der Waals surface area contributed by atoms with E-state index in [-0.39, 0.29) is 16.9 Å². The summed E-state index contributed by atoms with van der Waals surface area (Å²) < 4.78 is 21.8. The van der Waals surface area contributed by atoms with Gasteiger partial charge in [0.1, 0.15) is 0 Å². The van der Waals surface area contributed by atoms with Crippen molar-refractivity contribution in [1.29, 1.82) is 0 Å². The Morgan fingerprint density at radius 1 is 0.923 bits per heavy atom. The number of nitrogens with zero attached hydrogens (tertiary/aromatic N) is 2. The average molecular weight is 532 g/mol. The average Bonchev–Trinajstić information content (AvgIpc) is 2.95. The van der Waals surface area contributed by atoms with E-state index in [1.807, 2.05) is 0 Å². The molecule has 3 aromatic carbocycles. The van der Waals surface area contributed by atoms with E-state index in [0.29, 0.717) is 39.4 Å². The van der Waals surface area contributed by atoms with Crippen molar-refractivity contribution < 1.29 is 33.5 Å². The van der Waals surface area contributed by atoms with Crippen LogP contribution in [0.4, 0.5) is 11.4 Å². The molecule has 1 aromatic heterocycles. The Morgan fingerprint density at radius 2 is 1.62 bits per heavy atom. The molecule has 4 aromatic rings. The molecular formula is C28H25N3O8. The third-order valence-corrected chi connectivity index (χ3v) is 5.87. The fraction of sp³-hybridized carbons (Fsp3) is 0.179. The van der Waals surface area contributed by atoms with Crippen LogP contribution in [0, 0.1) is 10.1 Å². The third-order valence-electron chi connectivity index (χ3n) is 5.87. The minimum Gasteiger partial charge on any atom is -0.493 e. The van der Waals surface area contributed by atoms with E-state index in [9.17, 15) is 19.7 Å². The van der Waals surface area contributed by atoms with Gasteiger partial charge in [0.15, 0.2) is 17.6 Å². The molecule has 0 bridgehead atoms. The molecule has 1 atom stereocenters. The maximum atomic E-state index is 13.3. The van der Waals surface area contributed by atoms with E-state index in [2.05, 4.69) is 5.32 Å². The van der Waals surface area contributed by atoms with Crippen LogP contribution in [0.15, 0.2) is 66.7 Å². The van der Waals surface area contributed by atoms with Crippen molar-refractivity contribution in [3.8, 4) is 28.5 Å². The lowest BCUT2D eigenvalue weighted by Crippen LogP contribution is -2.30. The summed E-state index contributed by atoms with van der Waals surface area (Å²) in [5.74, 6) is -0.154. The van der Waals surface area contributed by atoms with Crippen LogP contribution in [-0.2, 0) is 9.53 Å². The largest absolute Gasteiger partial charge is 0.493 e. The summed E-state index contributed by atoms with van der Waals surface area (Å²) in [4.78, 5) is 41.2. The second kappa shape index (κ2) is 11.5. The number of hydrogen-bond donors (Lipinski definition) is 1.